The van der Waals surface area contributed by atoms with E-state index in [1.54, 1.807) is 44.2 Å². The number of carbonyl (C=O) groups is 2. The third-order valence-electron chi connectivity index (χ3n) is 6.07. The molecule has 1 amide bonds. The number of benzene rings is 2. The smallest absolute Gasteiger partial charge is 0.322 e. The number of amides is 1. The molecule has 3 N–H and O–H groups in total. The minimum Gasteiger partial charge on any atom is -0.491 e. The first-order chi connectivity index (χ1) is 17.9. The minimum atomic E-state index is -1.14. The number of rotatable bonds is 11. The fourth-order valence-electron chi connectivity index (χ4n) is 4.40. The van der Waals surface area contributed by atoms with Gasteiger partial charge in [-0.2, -0.15) is 9.37 Å². The zero-order chi connectivity index (χ0) is 26.4. The number of nitrogens with zero attached hydrogens (tertiary/aromatic N) is 2. The summed E-state index contributed by atoms with van der Waals surface area (Å²) in [6, 6.07) is 8.65. The van der Waals surface area contributed by atoms with Gasteiger partial charge in [0, 0.05) is 12.6 Å². The number of aliphatic carboxylic acids is 1. The molecule has 0 unspecified atom stereocenters. The van der Waals surface area contributed by atoms with E-state index in [0.717, 1.165) is 31.5 Å². The van der Waals surface area contributed by atoms with Crippen LogP contribution in [0.25, 0.3) is 11.1 Å². The average Bonchev–Trinajstić information content (AvgIpc) is 3.33. The molecule has 4 rings (SSSR count). The van der Waals surface area contributed by atoms with Gasteiger partial charge >= 0.3 is 5.97 Å². The quantitative estimate of drug-likeness (QED) is 0.353. The van der Waals surface area contributed by atoms with E-state index in [1.165, 1.54) is 0 Å². The van der Waals surface area contributed by atoms with Crippen molar-refractivity contribution in [3.8, 4) is 11.5 Å². The van der Waals surface area contributed by atoms with Crippen molar-refractivity contribution in [2.45, 2.75) is 39.3 Å². The van der Waals surface area contributed by atoms with Gasteiger partial charge in [-0.3, -0.25) is 9.59 Å². The predicted octanol–water partition coefficient (Wildman–Crippen LogP) is 3.34. The van der Waals surface area contributed by atoms with Gasteiger partial charge in [-0.05, 0) is 69.6 Å². The topological polar surface area (TPSA) is 126 Å². The van der Waals surface area contributed by atoms with Crippen LogP contribution in [0.2, 0.25) is 0 Å². The van der Waals surface area contributed by atoms with Gasteiger partial charge in [-0.1, -0.05) is 6.07 Å². The van der Waals surface area contributed by atoms with Crippen molar-refractivity contribution in [3.05, 3.63) is 47.3 Å². The van der Waals surface area contributed by atoms with E-state index in [9.17, 15) is 14.0 Å². The van der Waals surface area contributed by atoms with E-state index in [2.05, 4.69) is 15.6 Å². The van der Waals surface area contributed by atoms with Gasteiger partial charge in [-0.25, -0.2) is 0 Å². The average molecular weight is 515 g/mol. The van der Waals surface area contributed by atoms with Crippen molar-refractivity contribution in [2.75, 3.05) is 37.7 Å². The molecular weight excluding hydrogens is 483 g/mol. The lowest BCUT2D eigenvalue weighted by atomic mass is 10.0. The molecule has 1 saturated heterocycles. The molecule has 0 bridgehead atoms. The number of carboxylic acid groups (broad SMARTS) is 1. The van der Waals surface area contributed by atoms with Crippen LogP contribution in [0.1, 0.15) is 42.6 Å². The standard InChI is InChI=1S/C26H31FN4O6/c1-3-35-20-12-16(13-21(23(20)27)36-4-2)15-31(17-8-10-28-11-9-17)26-30-24-18(6-5-7-19(24)37-26)25(34)29-14-22(32)33/h5-7,12-13,17,28H,3-4,8-11,14-15H2,1-2H3,(H,29,34)(H,32,33). The molecule has 1 aliphatic rings. The maximum absolute atomic E-state index is 14.8. The van der Waals surface area contributed by atoms with Crippen molar-refractivity contribution < 1.29 is 33.0 Å². The molecule has 11 heteroatoms. The lowest BCUT2D eigenvalue weighted by molar-refractivity contribution is -0.135. The molecular formula is C26H31FN4O6. The Morgan fingerprint density at radius 1 is 1.19 bits per heavy atom. The van der Waals surface area contributed by atoms with E-state index in [4.69, 9.17) is 19.0 Å². The van der Waals surface area contributed by atoms with Gasteiger partial charge in [0.15, 0.2) is 17.1 Å². The largest absolute Gasteiger partial charge is 0.491 e. The fourth-order valence-corrected chi connectivity index (χ4v) is 4.40. The third-order valence-corrected chi connectivity index (χ3v) is 6.07. The number of carbonyl (C=O) groups excluding carboxylic acids is 1. The second kappa shape index (κ2) is 11.9. The number of hydrogen-bond acceptors (Lipinski definition) is 8. The van der Waals surface area contributed by atoms with Gasteiger partial charge in [-0.15, -0.1) is 0 Å². The van der Waals surface area contributed by atoms with Crippen LogP contribution in [0, 0.1) is 5.82 Å². The summed E-state index contributed by atoms with van der Waals surface area (Å²) >= 11 is 0. The highest BCUT2D eigenvalue weighted by atomic mass is 19.1. The monoisotopic (exact) mass is 514 g/mol. The van der Waals surface area contributed by atoms with Gasteiger partial charge in [0.05, 0.1) is 18.8 Å². The summed E-state index contributed by atoms with van der Waals surface area (Å²) in [6.07, 6.45) is 1.67. The first-order valence-electron chi connectivity index (χ1n) is 12.4. The van der Waals surface area contributed by atoms with Crippen LogP contribution in [0.5, 0.6) is 11.5 Å². The van der Waals surface area contributed by atoms with Crippen molar-refractivity contribution in [2.24, 2.45) is 0 Å². The van der Waals surface area contributed by atoms with Crippen LogP contribution in [-0.4, -0.2) is 60.9 Å². The maximum atomic E-state index is 14.8. The van der Waals surface area contributed by atoms with E-state index in [0.29, 0.717) is 36.9 Å². The minimum absolute atomic E-state index is 0.0785. The number of ether oxygens (including phenoxy) is 2. The zero-order valence-corrected chi connectivity index (χ0v) is 20.9. The molecule has 0 saturated carbocycles. The molecule has 0 radical (unpaired) electrons. The maximum Gasteiger partial charge on any atom is 0.322 e. The van der Waals surface area contributed by atoms with Gasteiger partial charge in [0.2, 0.25) is 5.82 Å². The second-order valence-electron chi connectivity index (χ2n) is 8.61. The van der Waals surface area contributed by atoms with Crippen LogP contribution in [0.3, 0.4) is 0 Å². The number of fused-ring (bicyclic) bond motifs is 1. The van der Waals surface area contributed by atoms with E-state index < -0.39 is 24.2 Å². The van der Waals surface area contributed by atoms with Crippen molar-refractivity contribution in [1.82, 2.24) is 15.6 Å². The van der Waals surface area contributed by atoms with Crippen LogP contribution in [-0.2, 0) is 11.3 Å². The van der Waals surface area contributed by atoms with Crippen LogP contribution >= 0.6 is 0 Å². The Labute approximate surface area is 213 Å². The number of anilines is 1. The third kappa shape index (κ3) is 6.11. The predicted molar refractivity (Wildman–Crippen MR) is 135 cm³/mol. The normalized spacial score (nSPS) is 13.9. The van der Waals surface area contributed by atoms with Gasteiger partial charge < -0.3 is 34.5 Å². The molecule has 0 aliphatic carbocycles. The first-order valence-corrected chi connectivity index (χ1v) is 12.4. The number of aromatic nitrogens is 1. The first kappa shape index (κ1) is 26.2. The summed E-state index contributed by atoms with van der Waals surface area (Å²) in [5, 5.41) is 14.6. The number of hydrogen-bond donors (Lipinski definition) is 3. The second-order valence-corrected chi connectivity index (χ2v) is 8.61. The Bertz CT molecular complexity index is 1230. The Morgan fingerprint density at radius 3 is 2.49 bits per heavy atom. The Hall–Kier alpha value is -3.86. The number of halogens is 1. The summed E-state index contributed by atoms with van der Waals surface area (Å²) in [5.74, 6) is -2.01. The molecule has 1 aromatic heterocycles. The van der Waals surface area contributed by atoms with E-state index in [1.807, 2.05) is 4.90 Å². The van der Waals surface area contributed by atoms with Gasteiger partial charge in [0.1, 0.15) is 12.1 Å². The van der Waals surface area contributed by atoms with Crippen LogP contribution in [0.4, 0.5) is 10.4 Å². The summed E-state index contributed by atoms with van der Waals surface area (Å²) in [7, 11) is 0. The molecule has 198 valence electrons. The van der Waals surface area contributed by atoms with E-state index >= 15 is 0 Å². The number of piperidine rings is 1. The number of para-hydroxylation sites is 1. The number of oxazole rings is 1. The van der Waals surface area contributed by atoms with Crippen molar-refractivity contribution in [1.29, 1.82) is 0 Å². The highest BCUT2D eigenvalue weighted by Crippen LogP contribution is 2.33. The molecule has 3 aromatic rings. The zero-order valence-electron chi connectivity index (χ0n) is 20.9. The van der Waals surface area contributed by atoms with Crippen molar-refractivity contribution >= 4 is 29.0 Å². The number of carboxylic acids is 1. The molecule has 2 heterocycles. The summed E-state index contributed by atoms with van der Waals surface area (Å²) in [5.41, 5.74) is 1.72. The molecule has 0 atom stereocenters. The Morgan fingerprint density at radius 2 is 1.86 bits per heavy atom. The molecule has 2 aromatic carbocycles. The highest BCUT2D eigenvalue weighted by molar-refractivity contribution is 6.05. The molecule has 1 fully saturated rings. The molecule has 0 spiro atoms. The van der Waals surface area contributed by atoms with Crippen LogP contribution < -0.4 is 25.0 Å². The Balaban J connectivity index is 1.72. The molecule has 37 heavy (non-hydrogen) atoms. The van der Waals surface area contributed by atoms with Gasteiger partial charge in [0.25, 0.3) is 11.9 Å². The Kier molecular flexibility index (Phi) is 8.44. The summed E-state index contributed by atoms with van der Waals surface area (Å²) in [4.78, 5) is 30.2. The fraction of sp³-hybridized carbons (Fsp3) is 0.423. The summed E-state index contributed by atoms with van der Waals surface area (Å²) < 4.78 is 32.0. The SMILES string of the molecule is CCOc1cc(CN(c2nc3c(C(=O)NCC(=O)O)cccc3o2)C2CCNCC2)cc(OCC)c1F. The molecule has 1 aliphatic heterocycles. The highest BCUT2D eigenvalue weighted by Gasteiger charge is 2.27. The lowest BCUT2D eigenvalue weighted by Crippen LogP contribution is -2.43. The van der Waals surface area contributed by atoms with E-state index in [-0.39, 0.29) is 23.1 Å². The summed E-state index contributed by atoms with van der Waals surface area (Å²) in [6.45, 7) is 5.68. The molecule has 10 nitrogen and oxygen atoms in total. The number of nitrogens with one attached hydrogen (secondary N) is 2. The van der Waals surface area contributed by atoms with Crippen molar-refractivity contribution in [3.63, 3.8) is 0 Å². The van der Waals surface area contributed by atoms with Crippen LogP contribution in [0.15, 0.2) is 34.7 Å². The lowest BCUT2D eigenvalue weighted by Gasteiger charge is -2.33.